The van der Waals surface area contributed by atoms with Crippen LogP contribution < -0.4 is 10.6 Å². The number of hydrogen-bond acceptors (Lipinski definition) is 4. The topological polar surface area (TPSA) is 70.7 Å². The maximum Gasteiger partial charge on any atom is 0.247 e. The van der Waals surface area contributed by atoms with Crippen molar-refractivity contribution in [2.24, 2.45) is 11.3 Å². The van der Waals surface area contributed by atoms with E-state index in [0.717, 1.165) is 13.1 Å². The zero-order valence-electron chi connectivity index (χ0n) is 22.5. The third-order valence-corrected chi connectivity index (χ3v) is 8.51. The molecule has 1 saturated heterocycles. The molecule has 0 unspecified atom stereocenters. The van der Waals surface area contributed by atoms with Crippen LogP contribution in [0.15, 0.2) is 48.0 Å². The molecule has 2 aromatic rings. The maximum absolute atomic E-state index is 15.8. The molecule has 2 N–H and O–H groups in total. The largest absolute Gasteiger partial charge is 0.379 e. The molecule has 1 fully saturated rings. The van der Waals surface area contributed by atoms with Gasteiger partial charge in [-0.25, -0.2) is 4.39 Å². The molecule has 0 saturated carbocycles. The van der Waals surface area contributed by atoms with Gasteiger partial charge in [0.05, 0.1) is 23.7 Å². The van der Waals surface area contributed by atoms with Gasteiger partial charge in [0.15, 0.2) is 0 Å². The Morgan fingerprint density at radius 2 is 1.95 bits per heavy atom. The van der Waals surface area contributed by atoms with Gasteiger partial charge in [0.2, 0.25) is 11.8 Å². The standard InChI is InChI=1S/C30H34Cl2FN3O3/c1-29(2,3)17-18-15-21(27(37)34-9-10-36-11-13-39-14-12-36)25(20-5-4-6-23(32)26(20)33)30(18)22-8-7-19(31)16-24(22)35-28(30)38/h4-8,15-16,18,25H,9-14,17H2,1-3H3,(H,34,37)(H,35,38)/t18-,25-,30+/m0/s1. The van der Waals surface area contributed by atoms with E-state index in [1.165, 1.54) is 6.07 Å². The second-order valence-corrected chi connectivity index (χ2v) is 12.6. The average molecular weight is 575 g/mol. The highest BCUT2D eigenvalue weighted by atomic mass is 35.5. The number of allylic oxidation sites excluding steroid dienone is 1. The number of fused-ring (bicyclic) bond motifs is 2. The van der Waals surface area contributed by atoms with Crippen LogP contribution in [0.1, 0.15) is 44.2 Å². The Morgan fingerprint density at radius 1 is 1.21 bits per heavy atom. The molecule has 5 rings (SSSR count). The van der Waals surface area contributed by atoms with Crippen LogP contribution in [0.4, 0.5) is 10.1 Å². The van der Waals surface area contributed by atoms with E-state index < -0.39 is 17.2 Å². The van der Waals surface area contributed by atoms with Gasteiger partial charge in [-0.3, -0.25) is 14.5 Å². The van der Waals surface area contributed by atoms with Gasteiger partial charge in [-0.1, -0.05) is 68.2 Å². The van der Waals surface area contributed by atoms with Crippen molar-refractivity contribution in [1.29, 1.82) is 0 Å². The highest BCUT2D eigenvalue weighted by Crippen LogP contribution is 2.61. The van der Waals surface area contributed by atoms with Gasteiger partial charge in [-0.05, 0) is 47.1 Å². The van der Waals surface area contributed by atoms with Crippen molar-refractivity contribution < 1.29 is 18.7 Å². The van der Waals surface area contributed by atoms with Crippen LogP contribution in [0.3, 0.4) is 0 Å². The van der Waals surface area contributed by atoms with Crippen LogP contribution in [0.2, 0.25) is 10.0 Å². The molecule has 1 spiro atoms. The summed E-state index contributed by atoms with van der Waals surface area (Å²) in [7, 11) is 0. The first-order valence-electron chi connectivity index (χ1n) is 13.4. The minimum Gasteiger partial charge on any atom is -0.379 e. The lowest BCUT2D eigenvalue weighted by molar-refractivity contribution is -0.123. The molecule has 2 heterocycles. The van der Waals surface area contributed by atoms with Crippen molar-refractivity contribution in [3.63, 3.8) is 0 Å². The number of carbonyl (C=O) groups is 2. The lowest BCUT2D eigenvalue weighted by atomic mass is 9.61. The van der Waals surface area contributed by atoms with Crippen molar-refractivity contribution in [3.05, 3.63) is 75.0 Å². The van der Waals surface area contributed by atoms with Crippen LogP contribution in [0.25, 0.3) is 0 Å². The van der Waals surface area contributed by atoms with E-state index in [1.807, 2.05) is 12.1 Å². The number of carbonyl (C=O) groups excluding carboxylic acids is 2. The third kappa shape index (κ3) is 5.22. The van der Waals surface area contributed by atoms with Gasteiger partial charge in [-0.15, -0.1) is 0 Å². The zero-order valence-corrected chi connectivity index (χ0v) is 24.0. The Balaban J connectivity index is 1.61. The highest BCUT2D eigenvalue weighted by Gasteiger charge is 2.62. The molecule has 0 bridgehead atoms. The number of ether oxygens (including phenoxy) is 1. The molecule has 2 aliphatic heterocycles. The van der Waals surface area contributed by atoms with Gasteiger partial charge in [-0.2, -0.15) is 0 Å². The quantitative estimate of drug-likeness (QED) is 0.475. The summed E-state index contributed by atoms with van der Waals surface area (Å²) < 4.78 is 21.2. The molecule has 2 amide bonds. The Bertz CT molecular complexity index is 1320. The number of hydrogen-bond donors (Lipinski definition) is 2. The van der Waals surface area contributed by atoms with Gasteiger partial charge in [0, 0.05) is 48.4 Å². The van der Waals surface area contributed by atoms with Crippen LogP contribution >= 0.6 is 23.2 Å². The first-order valence-corrected chi connectivity index (χ1v) is 14.1. The third-order valence-electron chi connectivity index (χ3n) is 7.99. The average Bonchev–Trinajstić information content (AvgIpc) is 3.35. The highest BCUT2D eigenvalue weighted by molar-refractivity contribution is 6.31. The predicted octanol–water partition coefficient (Wildman–Crippen LogP) is 5.55. The van der Waals surface area contributed by atoms with Crippen molar-refractivity contribution in [3.8, 4) is 0 Å². The molecule has 2 aromatic carbocycles. The van der Waals surface area contributed by atoms with Crippen LogP contribution in [0.5, 0.6) is 0 Å². The fourth-order valence-electron chi connectivity index (χ4n) is 6.38. The minimum absolute atomic E-state index is 0.0521. The Labute approximate surface area is 238 Å². The summed E-state index contributed by atoms with van der Waals surface area (Å²) in [6.07, 6.45) is 2.50. The van der Waals surface area contributed by atoms with Crippen molar-refractivity contribution in [1.82, 2.24) is 10.2 Å². The van der Waals surface area contributed by atoms with Gasteiger partial charge in [0.25, 0.3) is 0 Å². The zero-order chi connectivity index (χ0) is 27.9. The van der Waals surface area contributed by atoms with Gasteiger partial charge in [0.1, 0.15) is 5.82 Å². The molecule has 1 aliphatic carbocycles. The van der Waals surface area contributed by atoms with E-state index in [4.69, 9.17) is 27.9 Å². The number of morpholine rings is 1. The first kappa shape index (κ1) is 28.1. The lowest BCUT2D eigenvalue weighted by Gasteiger charge is -2.39. The van der Waals surface area contributed by atoms with E-state index >= 15 is 4.39 Å². The minimum atomic E-state index is -1.24. The molecule has 0 radical (unpaired) electrons. The monoisotopic (exact) mass is 573 g/mol. The number of nitrogens with zero attached hydrogens (tertiary/aromatic N) is 1. The molecule has 0 aromatic heterocycles. The second kappa shape index (κ2) is 10.8. The van der Waals surface area contributed by atoms with E-state index in [-0.39, 0.29) is 33.7 Å². The predicted molar refractivity (Wildman–Crippen MR) is 152 cm³/mol. The summed E-state index contributed by atoms with van der Waals surface area (Å²) in [6.45, 7) is 10.4. The normalized spacial score (nSPS) is 25.0. The summed E-state index contributed by atoms with van der Waals surface area (Å²) in [5.74, 6) is -2.45. The summed E-state index contributed by atoms with van der Waals surface area (Å²) in [5, 5.41) is 6.48. The number of benzene rings is 2. The number of rotatable bonds is 6. The molecule has 3 atom stereocenters. The molecular formula is C30H34Cl2FN3O3. The molecular weight excluding hydrogens is 540 g/mol. The van der Waals surface area contributed by atoms with E-state index in [2.05, 4.69) is 36.3 Å². The van der Waals surface area contributed by atoms with Crippen molar-refractivity contribution in [2.45, 2.75) is 38.5 Å². The maximum atomic E-state index is 15.8. The van der Waals surface area contributed by atoms with Crippen molar-refractivity contribution in [2.75, 3.05) is 44.7 Å². The SMILES string of the molecule is CC(C)(C)C[C@@H]1C=C(C(=O)NCCN2CCOCC2)[C@H](c2cccc(Cl)c2F)[C@@]12C(=O)Nc1cc(Cl)ccc12. The van der Waals surface area contributed by atoms with Crippen LogP contribution in [-0.2, 0) is 19.7 Å². The summed E-state index contributed by atoms with van der Waals surface area (Å²) in [5.41, 5.74) is 0.486. The van der Waals surface area contributed by atoms with Gasteiger partial charge < -0.3 is 15.4 Å². The fourth-order valence-corrected chi connectivity index (χ4v) is 6.74. The van der Waals surface area contributed by atoms with Crippen LogP contribution in [-0.4, -0.2) is 56.1 Å². The molecule has 39 heavy (non-hydrogen) atoms. The summed E-state index contributed by atoms with van der Waals surface area (Å²) >= 11 is 12.5. The van der Waals surface area contributed by atoms with Gasteiger partial charge >= 0.3 is 0 Å². The first-order chi connectivity index (χ1) is 18.5. The molecule has 9 heteroatoms. The van der Waals surface area contributed by atoms with Crippen LogP contribution in [0, 0.1) is 17.2 Å². The van der Waals surface area contributed by atoms with E-state index in [0.29, 0.717) is 54.6 Å². The van der Waals surface area contributed by atoms with E-state index in [9.17, 15) is 9.59 Å². The number of amides is 2. The second-order valence-electron chi connectivity index (χ2n) is 11.8. The summed E-state index contributed by atoms with van der Waals surface area (Å²) in [4.78, 5) is 30.2. The molecule has 208 valence electrons. The smallest absolute Gasteiger partial charge is 0.247 e. The Kier molecular flexibility index (Phi) is 7.81. The number of halogens is 3. The number of nitrogens with one attached hydrogen (secondary N) is 2. The van der Waals surface area contributed by atoms with Crippen molar-refractivity contribution >= 4 is 40.7 Å². The lowest BCUT2D eigenvalue weighted by Crippen LogP contribution is -2.46. The molecule has 6 nitrogen and oxygen atoms in total. The fraction of sp³-hybridized carbons (Fsp3) is 0.467. The Morgan fingerprint density at radius 3 is 2.67 bits per heavy atom. The summed E-state index contributed by atoms with van der Waals surface area (Å²) in [6, 6.07) is 10.0. The number of anilines is 1. The Hall–Kier alpha value is -2.45. The molecule has 3 aliphatic rings. The van der Waals surface area contributed by atoms with E-state index in [1.54, 1.807) is 24.3 Å².